The highest BCUT2D eigenvalue weighted by Gasteiger charge is 2.27. The highest BCUT2D eigenvalue weighted by Crippen LogP contribution is 2.56. The summed E-state index contributed by atoms with van der Waals surface area (Å²) in [5, 5.41) is 0.948. The van der Waals surface area contributed by atoms with Crippen LogP contribution < -0.4 is 0 Å². The van der Waals surface area contributed by atoms with Crippen LogP contribution in [-0.4, -0.2) is 17.5 Å². The van der Waals surface area contributed by atoms with Crippen molar-refractivity contribution in [1.29, 1.82) is 0 Å². The van der Waals surface area contributed by atoms with Crippen LogP contribution in [0.15, 0.2) is 15.9 Å². The molecule has 0 atom stereocenters. The summed E-state index contributed by atoms with van der Waals surface area (Å²) in [6.45, 7) is 6.40. The van der Waals surface area contributed by atoms with Gasteiger partial charge in [0.1, 0.15) is 0 Å². The third-order valence-corrected chi connectivity index (χ3v) is 3.39. The van der Waals surface area contributed by atoms with Crippen molar-refractivity contribution in [2.75, 3.05) is 12.5 Å². The average Bonchev–Trinajstić information content (AvgIpc) is 2.27. The van der Waals surface area contributed by atoms with Crippen molar-refractivity contribution in [3.63, 3.8) is 0 Å². The Bertz CT molecular complexity index is 265. The number of aromatic nitrogens is 1. The van der Waals surface area contributed by atoms with E-state index in [2.05, 4.69) is 49.9 Å². The van der Waals surface area contributed by atoms with Crippen LogP contribution in [0.3, 0.4) is 0 Å². The summed E-state index contributed by atoms with van der Waals surface area (Å²) in [5.74, 6) is 0. The molecule has 76 valence electrons. The van der Waals surface area contributed by atoms with Crippen LogP contribution in [0.25, 0.3) is 0 Å². The first-order valence-electron chi connectivity index (χ1n) is 4.12. The van der Waals surface area contributed by atoms with Crippen molar-refractivity contribution < 1.29 is 4.42 Å². The molecule has 1 heterocycles. The molecule has 1 aromatic rings. The number of oxazole rings is 1. The lowest BCUT2D eigenvalue weighted by Gasteiger charge is -2.25. The second-order valence-corrected chi connectivity index (χ2v) is 10.2. The Morgan fingerprint density at radius 3 is 2.23 bits per heavy atom. The first-order chi connectivity index (χ1) is 5.73. The zero-order valence-corrected chi connectivity index (χ0v) is 10.5. The second kappa shape index (κ2) is 3.24. The Kier molecular flexibility index (Phi) is 2.74. The summed E-state index contributed by atoms with van der Waals surface area (Å²) in [7, 11) is -1.11. The van der Waals surface area contributed by atoms with Gasteiger partial charge in [0.05, 0.1) is 5.69 Å². The zero-order valence-electron chi connectivity index (χ0n) is 8.79. The third kappa shape index (κ3) is 2.44. The summed E-state index contributed by atoms with van der Waals surface area (Å²) in [6.07, 6.45) is 5.69. The number of rotatable bonds is 1. The SMILES string of the molecule is CC(C)(C)c1ncoc1S(C)(C)S. The molecule has 0 fully saturated rings. The molecule has 0 aliphatic heterocycles. The van der Waals surface area contributed by atoms with E-state index in [0.29, 0.717) is 0 Å². The predicted octanol–water partition coefficient (Wildman–Crippen LogP) is 3.24. The fraction of sp³-hybridized carbons (Fsp3) is 0.667. The highest BCUT2D eigenvalue weighted by molar-refractivity contribution is 8.87. The van der Waals surface area contributed by atoms with Gasteiger partial charge >= 0.3 is 0 Å². The van der Waals surface area contributed by atoms with E-state index in [1.54, 1.807) is 0 Å². The molecule has 0 saturated heterocycles. The minimum Gasteiger partial charge on any atom is -0.438 e. The Labute approximate surface area is 86.2 Å². The van der Waals surface area contributed by atoms with Gasteiger partial charge in [0.25, 0.3) is 0 Å². The van der Waals surface area contributed by atoms with E-state index in [9.17, 15) is 0 Å². The molecule has 0 spiro atoms. The first-order valence-corrected chi connectivity index (χ1v) is 7.63. The van der Waals surface area contributed by atoms with Gasteiger partial charge < -0.3 is 4.42 Å². The maximum Gasteiger partial charge on any atom is 0.182 e. The van der Waals surface area contributed by atoms with E-state index in [4.69, 9.17) is 4.42 Å². The summed E-state index contributed by atoms with van der Waals surface area (Å²) in [5.41, 5.74) is 1.07. The topological polar surface area (TPSA) is 26.0 Å². The van der Waals surface area contributed by atoms with Crippen molar-refractivity contribution in [2.45, 2.75) is 31.3 Å². The molecule has 0 bridgehead atoms. The van der Waals surface area contributed by atoms with Gasteiger partial charge in [-0.15, -0.1) is 20.7 Å². The van der Waals surface area contributed by atoms with Gasteiger partial charge in [-0.05, 0) is 12.5 Å². The van der Waals surface area contributed by atoms with Gasteiger partial charge in [-0.1, -0.05) is 20.8 Å². The lowest BCUT2D eigenvalue weighted by atomic mass is 9.93. The molecule has 0 amide bonds. The summed E-state index contributed by atoms with van der Waals surface area (Å²) >= 11 is 4.56. The normalized spacial score (nSPS) is 14.6. The van der Waals surface area contributed by atoms with Crippen LogP contribution in [-0.2, 0) is 5.41 Å². The third-order valence-electron chi connectivity index (χ3n) is 1.70. The monoisotopic (exact) mass is 219 g/mol. The Morgan fingerprint density at radius 1 is 1.38 bits per heavy atom. The lowest BCUT2D eigenvalue weighted by Crippen LogP contribution is -2.14. The molecule has 0 N–H and O–H groups in total. The van der Waals surface area contributed by atoms with Crippen LogP contribution in [0.1, 0.15) is 26.5 Å². The van der Waals surface area contributed by atoms with Crippen molar-refractivity contribution >= 4 is 20.7 Å². The quantitative estimate of drug-likeness (QED) is 0.579. The minimum atomic E-state index is -1.11. The Balaban J connectivity index is 3.19. The van der Waals surface area contributed by atoms with Gasteiger partial charge in [0.15, 0.2) is 11.5 Å². The number of nitrogens with zero attached hydrogens (tertiary/aromatic N) is 1. The van der Waals surface area contributed by atoms with Crippen molar-refractivity contribution in [2.24, 2.45) is 0 Å². The molecule has 1 rings (SSSR count). The fourth-order valence-electron chi connectivity index (χ4n) is 1.09. The Hall–Kier alpha value is -0.0900. The van der Waals surface area contributed by atoms with E-state index < -0.39 is 9.06 Å². The van der Waals surface area contributed by atoms with Crippen LogP contribution in [0.2, 0.25) is 0 Å². The van der Waals surface area contributed by atoms with E-state index in [0.717, 1.165) is 10.8 Å². The van der Waals surface area contributed by atoms with Gasteiger partial charge in [0, 0.05) is 5.41 Å². The van der Waals surface area contributed by atoms with Gasteiger partial charge in [-0.3, -0.25) is 0 Å². The molecule has 2 nitrogen and oxygen atoms in total. The smallest absolute Gasteiger partial charge is 0.182 e. The molecule has 4 heteroatoms. The molecule has 0 aliphatic rings. The van der Waals surface area contributed by atoms with Crippen LogP contribution in [0.4, 0.5) is 0 Å². The van der Waals surface area contributed by atoms with Crippen molar-refractivity contribution in [3.8, 4) is 0 Å². The molecular formula is C9H17NOS2. The minimum absolute atomic E-state index is 0.0370. The maximum atomic E-state index is 5.41. The van der Waals surface area contributed by atoms with E-state index in [1.165, 1.54) is 6.39 Å². The maximum absolute atomic E-state index is 5.41. The van der Waals surface area contributed by atoms with Crippen molar-refractivity contribution in [1.82, 2.24) is 4.98 Å². The number of thiol groups is 1. The average molecular weight is 219 g/mol. The van der Waals surface area contributed by atoms with Gasteiger partial charge in [0.2, 0.25) is 0 Å². The molecule has 0 radical (unpaired) electrons. The molecule has 0 aliphatic carbocycles. The van der Waals surface area contributed by atoms with E-state index >= 15 is 0 Å². The van der Waals surface area contributed by atoms with Crippen LogP contribution >= 0.6 is 20.7 Å². The Morgan fingerprint density at radius 2 is 1.92 bits per heavy atom. The lowest BCUT2D eigenvalue weighted by molar-refractivity contribution is 0.445. The molecule has 0 unspecified atom stereocenters. The van der Waals surface area contributed by atoms with Crippen LogP contribution in [0, 0.1) is 0 Å². The zero-order chi connectivity index (χ0) is 10.3. The second-order valence-electron chi connectivity index (χ2n) is 4.51. The molecule has 0 aromatic carbocycles. The van der Waals surface area contributed by atoms with Crippen LogP contribution in [0.5, 0.6) is 0 Å². The summed E-state index contributed by atoms with van der Waals surface area (Å²) in [4.78, 5) is 4.26. The predicted molar refractivity (Wildman–Crippen MR) is 61.9 cm³/mol. The molecular weight excluding hydrogens is 202 g/mol. The molecule has 1 aromatic heterocycles. The van der Waals surface area contributed by atoms with E-state index in [-0.39, 0.29) is 5.41 Å². The summed E-state index contributed by atoms with van der Waals surface area (Å²) < 4.78 is 5.41. The van der Waals surface area contributed by atoms with Gasteiger partial charge in [-0.25, -0.2) is 4.98 Å². The number of hydrogen-bond acceptors (Lipinski definition) is 3. The van der Waals surface area contributed by atoms with E-state index in [1.807, 2.05) is 0 Å². The van der Waals surface area contributed by atoms with Crippen molar-refractivity contribution in [3.05, 3.63) is 12.1 Å². The molecule has 0 saturated carbocycles. The standard InChI is InChI=1S/C9H17NOS2/c1-9(2,3)7-8(11-6-10-7)13(4,5)12/h6,12H,1-5H3. The molecule has 13 heavy (non-hydrogen) atoms. The number of hydrogen-bond donors (Lipinski definition) is 1. The fourth-order valence-corrected chi connectivity index (χ4v) is 2.59. The van der Waals surface area contributed by atoms with Gasteiger partial charge in [-0.2, -0.15) is 0 Å². The largest absolute Gasteiger partial charge is 0.438 e. The first kappa shape index (κ1) is 11.0. The highest BCUT2D eigenvalue weighted by atomic mass is 33.1. The summed E-state index contributed by atoms with van der Waals surface area (Å²) in [6, 6.07) is 0.